The number of nitrogens with one attached hydrogen (secondary N) is 1. The van der Waals surface area contributed by atoms with Crippen LogP contribution in [0.3, 0.4) is 0 Å². The normalized spacial score (nSPS) is 19.4. The van der Waals surface area contributed by atoms with E-state index in [-0.39, 0.29) is 6.61 Å². The number of halogens is 3. The van der Waals surface area contributed by atoms with Crippen LogP contribution in [0.2, 0.25) is 0 Å². The number of carbonyl (C=O) groups excluding carboxylic acids is 1. The first-order valence-corrected chi connectivity index (χ1v) is 6.64. The van der Waals surface area contributed by atoms with Crippen molar-refractivity contribution in [2.24, 2.45) is 0 Å². The van der Waals surface area contributed by atoms with Crippen molar-refractivity contribution in [3.05, 3.63) is 29.8 Å². The topological polar surface area (TPSA) is 81.7 Å². The molecule has 6 nitrogen and oxygen atoms in total. The predicted molar refractivity (Wildman–Crippen MR) is 59.3 cm³/mol. The van der Waals surface area contributed by atoms with E-state index in [9.17, 15) is 26.4 Å². The molecular formula is C10H8F3NO5S. The molecule has 1 saturated heterocycles. The molecule has 110 valence electrons. The third-order valence-corrected chi connectivity index (χ3v) is 3.42. The molecule has 0 radical (unpaired) electrons. The molecule has 0 unspecified atom stereocenters. The Morgan fingerprint density at radius 1 is 1.25 bits per heavy atom. The number of amides is 1. The van der Waals surface area contributed by atoms with E-state index in [1.54, 1.807) is 0 Å². The van der Waals surface area contributed by atoms with E-state index >= 15 is 0 Å². The van der Waals surface area contributed by atoms with Gasteiger partial charge in [0.15, 0.2) is 0 Å². The maximum atomic E-state index is 12.1. The summed E-state index contributed by atoms with van der Waals surface area (Å²) in [5.41, 5.74) is -4.94. The van der Waals surface area contributed by atoms with Gasteiger partial charge in [0.2, 0.25) is 0 Å². The molecule has 1 atom stereocenters. The maximum Gasteiger partial charge on any atom is 0.534 e. The Kier molecular flexibility index (Phi) is 3.50. The highest BCUT2D eigenvalue weighted by atomic mass is 32.2. The zero-order chi connectivity index (χ0) is 15.0. The molecule has 1 heterocycles. The lowest BCUT2D eigenvalue weighted by molar-refractivity contribution is -0.0500. The Hall–Kier alpha value is -1.97. The van der Waals surface area contributed by atoms with Crippen molar-refractivity contribution in [3.8, 4) is 5.75 Å². The Morgan fingerprint density at radius 2 is 1.85 bits per heavy atom. The predicted octanol–water partition coefficient (Wildman–Crippen LogP) is 1.70. The fourth-order valence-corrected chi connectivity index (χ4v) is 1.95. The molecule has 1 N–H and O–H groups in total. The Labute approximate surface area is 111 Å². The van der Waals surface area contributed by atoms with Gasteiger partial charge in [0.25, 0.3) is 0 Å². The SMILES string of the molecule is O=C1N[C@@H](c2ccc(OS(=O)(=O)C(F)(F)F)cc2)CO1. The molecule has 1 fully saturated rings. The second-order valence-corrected chi connectivity index (χ2v) is 5.39. The molecule has 10 heteroatoms. The highest BCUT2D eigenvalue weighted by Crippen LogP contribution is 2.28. The number of hydrogen-bond acceptors (Lipinski definition) is 5. The number of benzene rings is 1. The minimum absolute atomic E-state index is 0.0832. The summed E-state index contributed by atoms with van der Waals surface area (Å²) >= 11 is 0. The van der Waals surface area contributed by atoms with Crippen LogP contribution >= 0.6 is 0 Å². The maximum absolute atomic E-state index is 12.1. The van der Waals surface area contributed by atoms with Crippen molar-refractivity contribution in [1.82, 2.24) is 5.32 Å². The Morgan fingerprint density at radius 3 is 2.30 bits per heavy atom. The molecule has 1 aromatic carbocycles. The van der Waals surface area contributed by atoms with E-state index in [4.69, 9.17) is 0 Å². The molecule has 1 aromatic rings. The average molecular weight is 311 g/mol. The number of alkyl carbamates (subject to hydrolysis) is 1. The average Bonchev–Trinajstić information content (AvgIpc) is 2.75. The number of cyclic esters (lactones) is 1. The van der Waals surface area contributed by atoms with Crippen molar-refractivity contribution < 1.29 is 35.3 Å². The molecule has 0 spiro atoms. The minimum atomic E-state index is -5.69. The zero-order valence-electron chi connectivity index (χ0n) is 9.68. The van der Waals surface area contributed by atoms with Crippen molar-refractivity contribution >= 4 is 16.2 Å². The number of carbonyl (C=O) groups is 1. The molecular weight excluding hydrogens is 303 g/mol. The smallest absolute Gasteiger partial charge is 0.447 e. The van der Waals surface area contributed by atoms with Crippen LogP contribution in [-0.4, -0.2) is 26.6 Å². The van der Waals surface area contributed by atoms with Crippen molar-refractivity contribution in [2.75, 3.05) is 6.61 Å². The van der Waals surface area contributed by atoms with E-state index in [1.165, 1.54) is 12.1 Å². The fourth-order valence-electron chi connectivity index (χ4n) is 1.49. The summed E-state index contributed by atoms with van der Waals surface area (Å²) in [6, 6.07) is 4.35. The summed E-state index contributed by atoms with van der Waals surface area (Å²) in [5, 5.41) is 2.46. The van der Waals surface area contributed by atoms with E-state index in [0.29, 0.717) is 5.56 Å². The van der Waals surface area contributed by atoms with Crippen LogP contribution in [0.1, 0.15) is 11.6 Å². The zero-order valence-corrected chi connectivity index (χ0v) is 10.5. The molecule has 0 saturated carbocycles. The van der Waals surface area contributed by atoms with Gasteiger partial charge in [-0.3, -0.25) is 0 Å². The van der Waals surface area contributed by atoms with Gasteiger partial charge in [0.05, 0.1) is 6.04 Å². The number of rotatable bonds is 3. The lowest BCUT2D eigenvalue weighted by atomic mass is 10.1. The summed E-state index contributed by atoms with van der Waals surface area (Å²) in [5.74, 6) is -0.476. The highest BCUT2D eigenvalue weighted by molar-refractivity contribution is 7.87. The van der Waals surface area contributed by atoms with Crippen LogP contribution in [-0.2, 0) is 14.9 Å². The van der Waals surface area contributed by atoms with Gasteiger partial charge in [-0.1, -0.05) is 12.1 Å². The molecule has 2 rings (SSSR count). The van der Waals surface area contributed by atoms with Crippen LogP contribution in [0.15, 0.2) is 24.3 Å². The molecule has 0 aliphatic carbocycles. The summed E-state index contributed by atoms with van der Waals surface area (Å²) in [4.78, 5) is 10.8. The molecule has 1 aliphatic heterocycles. The molecule has 20 heavy (non-hydrogen) atoms. The van der Waals surface area contributed by atoms with Gasteiger partial charge in [-0.25, -0.2) is 4.79 Å². The van der Waals surface area contributed by atoms with Crippen LogP contribution in [0.4, 0.5) is 18.0 Å². The van der Waals surface area contributed by atoms with Gasteiger partial charge in [0.1, 0.15) is 12.4 Å². The molecule has 1 amide bonds. The quantitative estimate of drug-likeness (QED) is 0.678. The van der Waals surface area contributed by atoms with E-state index in [0.717, 1.165) is 12.1 Å². The first kappa shape index (κ1) is 14.4. The number of ether oxygens (including phenoxy) is 1. The lowest BCUT2D eigenvalue weighted by Gasteiger charge is -2.11. The van der Waals surface area contributed by atoms with Gasteiger partial charge in [0, 0.05) is 0 Å². The minimum Gasteiger partial charge on any atom is -0.447 e. The summed E-state index contributed by atoms with van der Waals surface area (Å²) in [7, 11) is -5.69. The van der Waals surface area contributed by atoms with Crippen molar-refractivity contribution in [1.29, 1.82) is 0 Å². The highest BCUT2D eigenvalue weighted by Gasteiger charge is 2.48. The Balaban J connectivity index is 2.11. The van der Waals surface area contributed by atoms with Crippen molar-refractivity contribution in [2.45, 2.75) is 11.6 Å². The first-order valence-electron chi connectivity index (χ1n) is 5.23. The Bertz CT molecular complexity index is 611. The van der Waals surface area contributed by atoms with E-state index < -0.39 is 33.5 Å². The summed E-state index contributed by atoms with van der Waals surface area (Å²) in [6.07, 6.45) is -0.602. The van der Waals surface area contributed by atoms with Gasteiger partial charge < -0.3 is 14.2 Å². The largest absolute Gasteiger partial charge is 0.534 e. The molecule has 0 bridgehead atoms. The standard InChI is InChI=1S/C10H8F3NO5S/c11-10(12,13)20(16,17)19-7-3-1-6(2-4-7)8-5-18-9(15)14-8/h1-4,8H,5H2,(H,14,15)/t8-/m1/s1. The molecule has 0 aromatic heterocycles. The van der Waals surface area contributed by atoms with Crippen LogP contribution in [0, 0.1) is 0 Å². The fraction of sp³-hybridized carbons (Fsp3) is 0.300. The van der Waals surface area contributed by atoms with E-state index in [1.807, 2.05) is 0 Å². The third kappa shape index (κ3) is 2.95. The van der Waals surface area contributed by atoms with Gasteiger partial charge in [-0.15, -0.1) is 0 Å². The second kappa shape index (κ2) is 4.85. The summed E-state index contributed by atoms with van der Waals surface area (Å²) < 4.78 is 66.5. The van der Waals surface area contributed by atoms with Crippen LogP contribution in [0.5, 0.6) is 5.75 Å². The van der Waals surface area contributed by atoms with Crippen LogP contribution < -0.4 is 9.50 Å². The number of alkyl halides is 3. The van der Waals surface area contributed by atoms with Gasteiger partial charge in [-0.05, 0) is 17.7 Å². The van der Waals surface area contributed by atoms with Gasteiger partial charge in [-0.2, -0.15) is 21.6 Å². The third-order valence-electron chi connectivity index (χ3n) is 2.45. The molecule has 1 aliphatic rings. The van der Waals surface area contributed by atoms with Crippen LogP contribution in [0.25, 0.3) is 0 Å². The first-order chi connectivity index (χ1) is 9.19. The number of hydrogen-bond donors (Lipinski definition) is 1. The van der Waals surface area contributed by atoms with Gasteiger partial charge >= 0.3 is 21.7 Å². The van der Waals surface area contributed by atoms with Crippen molar-refractivity contribution in [3.63, 3.8) is 0 Å². The monoisotopic (exact) mass is 311 g/mol. The lowest BCUT2D eigenvalue weighted by Crippen LogP contribution is -2.28. The van der Waals surface area contributed by atoms with E-state index in [2.05, 4.69) is 14.2 Å². The second-order valence-electron chi connectivity index (χ2n) is 3.85. The summed E-state index contributed by atoms with van der Waals surface area (Å²) in [6.45, 7) is 0.0832.